The number of hydrogen-bond donors (Lipinski definition) is 0. The van der Waals surface area contributed by atoms with E-state index in [-0.39, 0.29) is 5.41 Å². The molecule has 1 saturated carbocycles. The molecule has 2 aliphatic rings. The van der Waals surface area contributed by atoms with E-state index in [0.29, 0.717) is 0 Å². The molecule has 2 aliphatic carbocycles. The molecule has 1 spiro atoms. The third kappa shape index (κ3) is 1.86. The molecule has 0 aliphatic heterocycles. The Kier molecular flexibility index (Phi) is 2.97. The second-order valence-electron chi connectivity index (χ2n) is 7.46. The van der Waals surface area contributed by atoms with Crippen molar-refractivity contribution in [2.75, 3.05) is 0 Å². The summed E-state index contributed by atoms with van der Waals surface area (Å²) in [6.07, 6.45) is 5.32. The van der Waals surface area contributed by atoms with Gasteiger partial charge in [-0.15, -0.1) is 0 Å². The van der Waals surface area contributed by atoms with Crippen molar-refractivity contribution >= 4 is 0 Å². The summed E-state index contributed by atoms with van der Waals surface area (Å²) in [7, 11) is 0. The van der Waals surface area contributed by atoms with Gasteiger partial charge in [0.2, 0.25) is 0 Å². The van der Waals surface area contributed by atoms with Crippen molar-refractivity contribution in [3.63, 3.8) is 0 Å². The third-order valence-electron chi connectivity index (χ3n) is 6.08. The lowest BCUT2D eigenvalue weighted by Gasteiger charge is -2.27. The summed E-state index contributed by atoms with van der Waals surface area (Å²) in [5.41, 5.74) is 10.4. The van der Waals surface area contributed by atoms with E-state index >= 15 is 0 Å². The Morgan fingerprint density at radius 3 is 2.25 bits per heavy atom. The maximum Gasteiger partial charge on any atom is 0.0215 e. The van der Waals surface area contributed by atoms with E-state index in [1.807, 2.05) is 0 Å². The van der Waals surface area contributed by atoms with E-state index < -0.39 is 0 Å². The van der Waals surface area contributed by atoms with Crippen molar-refractivity contribution in [3.05, 3.63) is 83.4 Å². The average molecular weight is 310 g/mol. The molecule has 1 fully saturated rings. The first-order valence-electron chi connectivity index (χ1n) is 9.09. The second-order valence-corrected chi connectivity index (χ2v) is 7.46. The summed E-state index contributed by atoms with van der Waals surface area (Å²) in [4.78, 5) is 0. The van der Waals surface area contributed by atoms with Crippen LogP contribution in [0.4, 0.5) is 0 Å². The largest absolute Gasteiger partial charge is 0.0622 e. The van der Waals surface area contributed by atoms with Crippen LogP contribution in [0.1, 0.15) is 42.4 Å². The zero-order valence-corrected chi connectivity index (χ0v) is 14.2. The van der Waals surface area contributed by atoms with E-state index in [2.05, 4.69) is 73.7 Å². The predicted molar refractivity (Wildman–Crippen MR) is 101 cm³/mol. The van der Waals surface area contributed by atoms with Crippen molar-refractivity contribution in [1.82, 2.24) is 0 Å². The van der Waals surface area contributed by atoms with Gasteiger partial charge in [-0.2, -0.15) is 0 Å². The molecule has 3 aromatic rings. The van der Waals surface area contributed by atoms with Crippen molar-refractivity contribution in [2.24, 2.45) is 0 Å². The maximum atomic E-state index is 2.45. The minimum atomic E-state index is 0.284. The highest BCUT2D eigenvalue weighted by Crippen LogP contribution is 2.57. The lowest BCUT2D eigenvalue weighted by atomic mass is 9.76. The normalized spacial score (nSPS) is 17.0. The van der Waals surface area contributed by atoms with Crippen LogP contribution in [0.25, 0.3) is 22.3 Å². The standard InChI is InChI=1S/C24H22/c1-17-9-11-20-21-16-19(18-7-3-2-4-8-18)10-12-22(21)24(23(20)15-17)13-5-6-14-24/h2-4,7-12,15-16H,5-6,13-14H2,1H3. The van der Waals surface area contributed by atoms with Gasteiger partial charge in [-0.1, -0.05) is 79.1 Å². The molecule has 118 valence electrons. The topological polar surface area (TPSA) is 0 Å². The van der Waals surface area contributed by atoms with E-state index in [1.54, 1.807) is 11.1 Å². The number of hydrogen-bond acceptors (Lipinski definition) is 0. The smallest absolute Gasteiger partial charge is 0.0215 e. The van der Waals surface area contributed by atoms with Crippen LogP contribution in [-0.2, 0) is 5.41 Å². The van der Waals surface area contributed by atoms with Crippen LogP contribution < -0.4 is 0 Å². The summed E-state index contributed by atoms with van der Waals surface area (Å²) in [5, 5.41) is 0. The average Bonchev–Trinajstić information content (AvgIpc) is 3.21. The number of fused-ring (bicyclic) bond motifs is 5. The van der Waals surface area contributed by atoms with Crippen LogP contribution in [0.5, 0.6) is 0 Å². The van der Waals surface area contributed by atoms with Gasteiger partial charge in [0.1, 0.15) is 0 Å². The molecule has 5 rings (SSSR count). The summed E-state index contributed by atoms with van der Waals surface area (Å²) < 4.78 is 0. The highest BCUT2D eigenvalue weighted by molar-refractivity contribution is 5.85. The van der Waals surface area contributed by atoms with Gasteiger partial charge in [0.05, 0.1) is 0 Å². The summed E-state index contributed by atoms with van der Waals surface area (Å²) in [6.45, 7) is 2.22. The van der Waals surface area contributed by atoms with Gasteiger partial charge in [0.15, 0.2) is 0 Å². The quantitative estimate of drug-likeness (QED) is 0.481. The monoisotopic (exact) mass is 310 g/mol. The van der Waals surface area contributed by atoms with Crippen LogP contribution >= 0.6 is 0 Å². The molecule has 0 radical (unpaired) electrons. The van der Waals surface area contributed by atoms with Gasteiger partial charge in [-0.3, -0.25) is 0 Å². The Morgan fingerprint density at radius 2 is 1.46 bits per heavy atom. The second kappa shape index (κ2) is 5.08. The van der Waals surface area contributed by atoms with Crippen molar-refractivity contribution in [2.45, 2.75) is 38.0 Å². The van der Waals surface area contributed by atoms with E-state index in [1.165, 1.54) is 53.5 Å². The van der Waals surface area contributed by atoms with Crippen molar-refractivity contribution in [1.29, 1.82) is 0 Å². The van der Waals surface area contributed by atoms with Crippen LogP contribution in [-0.4, -0.2) is 0 Å². The van der Waals surface area contributed by atoms with Crippen molar-refractivity contribution in [3.8, 4) is 22.3 Å². The number of rotatable bonds is 1. The van der Waals surface area contributed by atoms with E-state index in [9.17, 15) is 0 Å². The number of benzene rings is 3. The maximum absolute atomic E-state index is 2.45. The fourth-order valence-corrected chi connectivity index (χ4v) is 4.95. The Labute approximate surface area is 144 Å². The minimum absolute atomic E-state index is 0.284. The first kappa shape index (κ1) is 14.0. The Hall–Kier alpha value is -2.34. The molecule has 0 unspecified atom stereocenters. The van der Waals surface area contributed by atoms with Crippen molar-refractivity contribution < 1.29 is 0 Å². The highest BCUT2D eigenvalue weighted by Gasteiger charge is 2.44. The zero-order valence-electron chi connectivity index (χ0n) is 14.2. The van der Waals surface area contributed by atoms with Crippen LogP contribution in [0.15, 0.2) is 66.7 Å². The molecule has 0 nitrogen and oxygen atoms in total. The lowest BCUT2D eigenvalue weighted by molar-refractivity contribution is 0.549. The molecule has 0 heterocycles. The van der Waals surface area contributed by atoms with Gasteiger partial charge >= 0.3 is 0 Å². The highest BCUT2D eigenvalue weighted by atomic mass is 14.5. The molecule has 0 aromatic heterocycles. The Bertz CT molecular complexity index is 912. The predicted octanol–water partition coefficient (Wildman–Crippen LogP) is 6.50. The SMILES string of the molecule is Cc1ccc2c(c1)C1(CCCC1)c1ccc(-c3ccccc3)cc1-2. The summed E-state index contributed by atoms with van der Waals surface area (Å²) in [5.74, 6) is 0. The van der Waals surface area contributed by atoms with Gasteiger partial charge in [-0.25, -0.2) is 0 Å². The van der Waals surface area contributed by atoms with Gasteiger partial charge < -0.3 is 0 Å². The molecule has 3 aromatic carbocycles. The van der Waals surface area contributed by atoms with Crippen LogP contribution in [0.2, 0.25) is 0 Å². The van der Waals surface area contributed by atoms with Crippen LogP contribution in [0.3, 0.4) is 0 Å². The Balaban J connectivity index is 1.76. The first-order valence-corrected chi connectivity index (χ1v) is 9.09. The minimum Gasteiger partial charge on any atom is -0.0622 e. The molecule has 0 bridgehead atoms. The van der Waals surface area contributed by atoms with Gasteiger partial charge in [-0.05, 0) is 59.2 Å². The fraction of sp³-hybridized carbons (Fsp3) is 0.250. The zero-order chi connectivity index (χ0) is 16.1. The molecule has 0 saturated heterocycles. The van der Waals surface area contributed by atoms with Gasteiger partial charge in [0.25, 0.3) is 0 Å². The Morgan fingerprint density at radius 1 is 0.667 bits per heavy atom. The molecule has 0 heteroatoms. The molecule has 0 amide bonds. The fourth-order valence-electron chi connectivity index (χ4n) is 4.95. The van der Waals surface area contributed by atoms with Crippen LogP contribution in [0, 0.1) is 6.92 Å². The number of aryl methyl sites for hydroxylation is 1. The van der Waals surface area contributed by atoms with E-state index in [0.717, 1.165) is 0 Å². The van der Waals surface area contributed by atoms with Gasteiger partial charge in [0, 0.05) is 5.41 Å². The molecule has 0 atom stereocenters. The molecular weight excluding hydrogens is 288 g/mol. The molecule has 24 heavy (non-hydrogen) atoms. The summed E-state index contributed by atoms with van der Waals surface area (Å²) >= 11 is 0. The third-order valence-corrected chi connectivity index (χ3v) is 6.08. The molecule has 0 N–H and O–H groups in total. The first-order chi connectivity index (χ1) is 11.8. The summed E-state index contributed by atoms with van der Waals surface area (Å²) in [6, 6.07) is 25.0. The molecular formula is C24H22. The van der Waals surface area contributed by atoms with E-state index in [4.69, 9.17) is 0 Å². The lowest BCUT2D eigenvalue weighted by Crippen LogP contribution is -2.20.